The van der Waals surface area contributed by atoms with Gasteiger partial charge in [0.1, 0.15) is 0 Å². The van der Waals surface area contributed by atoms with Gasteiger partial charge in [-0.05, 0) is 33.1 Å². The van der Waals surface area contributed by atoms with Gasteiger partial charge in [0.25, 0.3) is 0 Å². The summed E-state index contributed by atoms with van der Waals surface area (Å²) in [6.07, 6.45) is 0.252. The van der Waals surface area contributed by atoms with Crippen molar-refractivity contribution in [2.45, 2.75) is 41.0 Å². The summed E-state index contributed by atoms with van der Waals surface area (Å²) in [5.74, 6) is -1.27. The molecule has 0 rings (SSSR count). The molecule has 0 atom stereocenters. The maximum absolute atomic E-state index is 12.2. The summed E-state index contributed by atoms with van der Waals surface area (Å²) in [6.45, 7) is 13.1. The Morgan fingerprint density at radius 2 is 1.50 bits per heavy atom. The van der Waals surface area contributed by atoms with Gasteiger partial charge in [0, 0.05) is 0 Å². The van der Waals surface area contributed by atoms with Gasteiger partial charge in [-0.25, -0.2) is 0 Å². The number of hydrogen-bond acceptors (Lipinski definition) is 4. The van der Waals surface area contributed by atoms with Crippen molar-refractivity contribution in [3.8, 4) is 0 Å². The SMILES string of the molecule is C=C(C)CC(C(=O)OCC)(C(=O)OCC)C(C)C. The highest BCUT2D eigenvalue weighted by Gasteiger charge is 2.51. The van der Waals surface area contributed by atoms with Crippen molar-refractivity contribution >= 4 is 11.9 Å². The van der Waals surface area contributed by atoms with Crippen LogP contribution in [0.5, 0.6) is 0 Å². The van der Waals surface area contributed by atoms with Gasteiger partial charge in [-0.15, -0.1) is 6.58 Å². The number of rotatable bonds is 7. The number of esters is 2. The van der Waals surface area contributed by atoms with E-state index in [1.807, 2.05) is 13.8 Å². The predicted octanol–water partition coefficient (Wildman–Crippen LogP) is 2.72. The maximum Gasteiger partial charge on any atom is 0.324 e. The van der Waals surface area contributed by atoms with Gasteiger partial charge >= 0.3 is 11.9 Å². The number of ether oxygens (including phenoxy) is 2. The highest BCUT2D eigenvalue weighted by atomic mass is 16.6. The summed E-state index contributed by atoms with van der Waals surface area (Å²) < 4.78 is 10.1. The first-order valence-electron chi connectivity index (χ1n) is 6.31. The summed E-state index contributed by atoms with van der Waals surface area (Å²) in [6, 6.07) is 0. The van der Waals surface area contributed by atoms with E-state index in [2.05, 4.69) is 6.58 Å². The molecule has 0 radical (unpaired) electrons. The van der Waals surface area contributed by atoms with E-state index in [0.29, 0.717) is 0 Å². The van der Waals surface area contributed by atoms with Gasteiger partial charge in [0.15, 0.2) is 5.41 Å². The molecule has 0 aromatic heterocycles. The lowest BCUT2D eigenvalue weighted by atomic mass is 9.72. The van der Waals surface area contributed by atoms with E-state index >= 15 is 0 Å². The van der Waals surface area contributed by atoms with Gasteiger partial charge in [-0.3, -0.25) is 9.59 Å². The second-order valence-electron chi connectivity index (χ2n) is 4.70. The quantitative estimate of drug-likeness (QED) is 0.399. The second-order valence-corrected chi connectivity index (χ2v) is 4.70. The smallest absolute Gasteiger partial charge is 0.324 e. The lowest BCUT2D eigenvalue weighted by molar-refractivity contribution is -0.175. The highest BCUT2D eigenvalue weighted by molar-refractivity contribution is 6.00. The molecular formula is C14H24O4. The molecule has 0 fully saturated rings. The highest BCUT2D eigenvalue weighted by Crippen LogP contribution is 2.37. The first-order valence-corrected chi connectivity index (χ1v) is 6.31. The van der Waals surface area contributed by atoms with Crippen molar-refractivity contribution in [2.75, 3.05) is 13.2 Å². The maximum atomic E-state index is 12.2. The van der Waals surface area contributed by atoms with Gasteiger partial charge in [0.05, 0.1) is 13.2 Å². The second kappa shape index (κ2) is 7.19. The van der Waals surface area contributed by atoms with Crippen LogP contribution in [0.4, 0.5) is 0 Å². The van der Waals surface area contributed by atoms with Crippen LogP contribution in [0, 0.1) is 11.3 Å². The van der Waals surface area contributed by atoms with Crippen LogP contribution in [-0.2, 0) is 19.1 Å². The zero-order valence-electron chi connectivity index (χ0n) is 12.0. The normalized spacial score (nSPS) is 11.2. The Morgan fingerprint density at radius 3 is 1.72 bits per heavy atom. The molecule has 0 heterocycles. The molecule has 0 unspecified atom stereocenters. The third-order valence-corrected chi connectivity index (χ3v) is 2.85. The molecule has 4 heteroatoms. The molecule has 0 spiro atoms. The minimum atomic E-state index is -1.28. The topological polar surface area (TPSA) is 52.6 Å². The van der Waals surface area contributed by atoms with Crippen LogP contribution in [0.1, 0.15) is 41.0 Å². The van der Waals surface area contributed by atoms with Crippen LogP contribution in [0.3, 0.4) is 0 Å². The number of carbonyl (C=O) groups excluding carboxylic acids is 2. The molecule has 0 aliphatic rings. The largest absolute Gasteiger partial charge is 0.465 e. The van der Waals surface area contributed by atoms with Crippen LogP contribution in [0.25, 0.3) is 0 Å². The van der Waals surface area contributed by atoms with Crippen LogP contribution in [-0.4, -0.2) is 25.2 Å². The fourth-order valence-corrected chi connectivity index (χ4v) is 1.90. The predicted molar refractivity (Wildman–Crippen MR) is 70.0 cm³/mol. The summed E-state index contributed by atoms with van der Waals surface area (Å²) >= 11 is 0. The minimum absolute atomic E-state index is 0.215. The monoisotopic (exact) mass is 256 g/mol. The van der Waals surface area contributed by atoms with Crippen molar-refractivity contribution in [2.24, 2.45) is 11.3 Å². The van der Waals surface area contributed by atoms with E-state index in [1.54, 1.807) is 20.8 Å². The van der Waals surface area contributed by atoms with E-state index < -0.39 is 17.4 Å². The fraction of sp³-hybridized carbons (Fsp3) is 0.714. The lowest BCUT2D eigenvalue weighted by Crippen LogP contribution is -2.46. The van der Waals surface area contributed by atoms with Crippen molar-refractivity contribution < 1.29 is 19.1 Å². The minimum Gasteiger partial charge on any atom is -0.465 e. The molecule has 104 valence electrons. The van der Waals surface area contributed by atoms with Crippen molar-refractivity contribution in [1.82, 2.24) is 0 Å². The van der Waals surface area contributed by atoms with E-state index in [-0.39, 0.29) is 25.6 Å². The van der Waals surface area contributed by atoms with Crippen molar-refractivity contribution in [1.29, 1.82) is 0 Å². The molecule has 4 nitrogen and oxygen atoms in total. The Bertz CT molecular complexity index is 300. The van der Waals surface area contributed by atoms with Crippen LogP contribution >= 0.6 is 0 Å². The molecule has 0 aromatic carbocycles. The van der Waals surface area contributed by atoms with Crippen molar-refractivity contribution in [3.05, 3.63) is 12.2 Å². The molecule has 0 aliphatic heterocycles. The number of allylic oxidation sites excluding steroid dienone is 1. The third kappa shape index (κ3) is 3.59. The molecule has 0 bridgehead atoms. The zero-order valence-corrected chi connectivity index (χ0v) is 12.0. The van der Waals surface area contributed by atoms with E-state index in [0.717, 1.165) is 5.57 Å². The fourth-order valence-electron chi connectivity index (χ4n) is 1.90. The molecule has 0 aromatic rings. The summed E-state index contributed by atoms with van der Waals surface area (Å²) in [5.41, 5.74) is -0.525. The van der Waals surface area contributed by atoms with Gasteiger partial charge in [-0.1, -0.05) is 19.4 Å². The summed E-state index contributed by atoms with van der Waals surface area (Å²) in [4.78, 5) is 24.4. The van der Waals surface area contributed by atoms with E-state index in [4.69, 9.17) is 9.47 Å². The Morgan fingerprint density at radius 1 is 1.11 bits per heavy atom. The number of hydrogen-bond donors (Lipinski definition) is 0. The third-order valence-electron chi connectivity index (χ3n) is 2.85. The molecule has 0 saturated heterocycles. The Labute approximate surface area is 109 Å². The molecule has 0 N–H and O–H groups in total. The summed E-state index contributed by atoms with van der Waals surface area (Å²) in [7, 11) is 0. The average Bonchev–Trinajstić information content (AvgIpc) is 2.25. The molecule has 0 amide bonds. The van der Waals surface area contributed by atoms with Crippen LogP contribution in [0.15, 0.2) is 12.2 Å². The van der Waals surface area contributed by atoms with E-state index in [9.17, 15) is 9.59 Å². The molecular weight excluding hydrogens is 232 g/mol. The Balaban J connectivity index is 5.48. The number of carbonyl (C=O) groups is 2. The molecule has 0 aliphatic carbocycles. The van der Waals surface area contributed by atoms with Gasteiger partial charge in [0.2, 0.25) is 0 Å². The van der Waals surface area contributed by atoms with Crippen LogP contribution < -0.4 is 0 Å². The van der Waals surface area contributed by atoms with E-state index in [1.165, 1.54) is 0 Å². The lowest BCUT2D eigenvalue weighted by Gasteiger charge is -2.32. The standard InChI is InChI=1S/C14H24O4/c1-7-17-12(15)14(11(5)6,9-10(3)4)13(16)18-8-2/h11H,3,7-9H2,1-2,4-6H3. The Kier molecular flexibility index (Phi) is 6.66. The first-order chi connectivity index (χ1) is 8.32. The average molecular weight is 256 g/mol. The molecule has 18 heavy (non-hydrogen) atoms. The van der Waals surface area contributed by atoms with Gasteiger partial charge in [-0.2, -0.15) is 0 Å². The Hall–Kier alpha value is -1.32. The molecule has 0 saturated carbocycles. The van der Waals surface area contributed by atoms with Crippen LogP contribution in [0.2, 0.25) is 0 Å². The first kappa shape index (κ1) is 16.7. The summed E-state index contributed by atoms with van der Waals surface area (Å²) in [5, 5.41) is 0. The van der Waals surface area contributed by atoms with Gasteiger partial charge < -0.3 is 9.47 Å². The van der Waals surface area contributed by atoms with Crippen molar-refractivity contribution in [3.63, 3.8) is 0 Å². The zero-order chi connectivity index (χ0) is 14.3.